The Balaban J connectivity index is 1.38. The molecule has 0 aliphatic carbocycles. The first kappa shape index (κ1) is 26.4. The lowest BCUT2D eigenvalue weighted by molar-refractivity contribution is -0.384. The lowest BCUT2D eigenvalue weighted by Crippen LogP contribution is -2.15. The number of carbonyl (C=O) groups excluding carboxylic acids is 3. The van der Waals surface area contributed by atoms with E-state index in [1.807, 2.05) is 6.92 Å². The molecule has 186 valence electrons. The van der Waals surface area contributed by atoms with Gasteiger partial charge in [-0.25, -0.2) is 0 Å². The fraction of sp³-hybridized carbons (Fsp3) is 0.192. The van der Waals surface area contributed by atoms with Crippen molar-refractivity contribution < 1.29 is 28.8 Å². The van der Waals surface area contributed by atoms with Crippen molar-refractivity contribution in [2.75, 3.05) is 11.9 Å². The molecule has 3 aromatic rings. The van der Waals surface area contributed by atoms with Crippen LogP contribution >= 0.6 is 11.6 Å². The van der Waals surface area contributed by atoms with Crippen molar-refractivity contribution in [1.29, 1.82) is 0 Å². The minimum absolute atomic E-state index is 0.00261. The van der Waals surface area contributed by atoms with E-state index in [-0.39, 0.29) is 36.6 Å². The van der Waals surface area contributed by atoms with Crippen molar-refractivity contribution in [3.8, 4) is 11.5 Å². The van der Waals surface area contributed by atoms with E-state index in [4.69, 9.17) is 21.1 Å². The highest BCUT2D eigenvalue weighted by Gasteiger charge is 2.12. The Morgan fingerprint density at radius 3 is 2.19 bits per heavy atom. The molecule has 0 radical (unpaired) electrons. The van der Waals surface area contributed by atoms with Gasteiger partial charge in [-0.3, -0.25) is 24.5 Å². The van der Waals surface area contributed by atoms with Gasteiger partial charge >= 0.3 is 5.97 Å². The number of nitro benzene ring substituents is 1. The molecule has 10 heteroatoms. The maximum absolute atomic E-state index is 12.3. The summed E-state index contributed by atoms with van der Waals surface area (Å²) in [4.78, 5) is 46.5. The molecule has 0 heterocycles. The van der Waals surface area contributed by atoms with E-state index in [2.05, 4.69) is 5.32 Å². The Kier molecular flexibility index (Phi) is 9.13. The van der Waals surface area contributed by atoms with Crippen LogP contribution in [-0.4, -0.2) is 29.2 Å². The van der Waals surface area contributed by atoms with Gasteiger partial charge in [0.25, 0.3) is 5.69 Å². The van der Waals surface area contributed by atoms with Gasteiger partial charge in [-0.05, 0) is 67.4 Å². The number of ether oxygens (including phenoxy) is 2. The second-order valence-electron chi connectivity index (χ2n) is 7.83. The van der Waals surface area contributed by atoms with Gasteiger partial charge in [0.2, 0.25) is 5.91 Å². The Hall–Kier alpha value is -4.24. The third-order valence-corrected chi connectivity index (χ3v) is 5.47. The summed E-state index contributed by atoms with van der Waals surface area (Å²) in [6.07, 6.45) is 0.384. The molecule has 0 aromatic heterocycles. The number of rotatable bonds is 11. The first-order valence-corrected chi connectivity index (χ1v) is 11.4. The SMILES string of the molecule is Cc1ccc(NC(=O)CCCC(=O)OCC(=O)c2ccc(Oc3ccc([N+](=O)[O-])cc3)cc2)cc1Cl. The van der Waals surface area contributed by atoms with Crippen molar-refractivity contribution in [3.05, 3.63) is 93.0 Å². The highest BCUT2D eigenvalue weighted by atomic mass is 35.5. The molecule has 1 N–H and O–H groups in total. The van der Waals surface area contributed by atoms with E-state index in [1.165, 1.54) is 36.4 Å². The third kappa shape index (κ3) is 7.92. The fourth-order valence-corrected chi connectivity index (χ4v) is 3.25. The number of hydrogen-bond donors (Lipinski definition) is 1. The van der Waals surface area contributed by atoms with Gasteiger partial charge in [-0.2, -0.15) is 0 Å². The number of nitro groups is 1. The number of nitrogens with one attached hydrogen (secondary N) is 1. The maximum atomic E-state index is 12.3. The van der Waals surface area contributed by atoms with Gasteiger partial charge in [-0.15, -0.1) is 0 Å². The molecule has 0 fully saturated rings. The van der Waals surface area contributed by atoms with E-state index in [9.17, 15) is 24.5 Å². The summed E-state index contributed by atoms with van der Waals surface area (Å²) < 4.78 is 10.6. The number of amides is 1. The summed E-state index contributed by atoms with van der Waals surface area (Å²) in [5, 5.41) is 14.0. The molecule has 36 heavy (non-hydrogen) atoms. The quantitative estimate of drug-likeness (QED) is 0.148. The van der Waals surface area contributed by atoms with Crippen LogP contribution < -0.4 is 10.1 Å². The van der Waals surface area contributed by atoms with E-state index in [0.717, 1.165) is 5.56 Å². The Morgan fingerprint density at radius 1 is 0.944 bits per heavy atom. The van der Waals surface area contributed by atoms with E-state index in [0.29, 0.717) is 27.8 Å². The second-order valence-corrected chi connectivity index (χ2v) is 8.23. The lowest BCUT2D eigenvalue weighted by atomic mass is 10.1. The van der Waals surface area contributed by atoms with Gasteiger partial charge in [0.05, 0.1) is 4.92 Å². The van der Waals surface area contributed by atoms with Crippen molar-refractivity contribution in [3.63, 3.8) is 0 Å². The summed E-state index contributed by atoms with van der Waals surface area (Å²) in [7, 11) is 0. The third-order valence-electron chi connectivity index (χ3n) is 5.06. The molecular weight excluding hydrogens is 488 g/mol. The molecule has 3 aromatic carbocycles. The molecule has 0 saturated carbocycles. The van der Waals surface area contributed by atoms with Crippen molar-refractivity contribution >= 4 is 40.6 Å². The minimum Gasteiger partial charge on any atom is -0.457 e. The first-order valence-electron chi connectivity index (χ1n) is 11.0. The molecule has 1 amide bonds. The largest absolute Gasteiger partial charge is 0.457 e. The molecular formula is C26H23ClN2O7. The lowest BCUT2D eigenvalue weighted by Gasteiger charge is -2.08. The number of ketones is 1. The van der Waals surface area contributed by atoms with Crippen LogP contribution in [-0.2, 0) is 14.3 Å². The standard InChI is InChI=1S/C26H23ClN2O7/c1-17-5-8-19(15-23(17)27)28-25(31)3-2-4-26(32)35-16-24(30)18-6-11-21(12-7-18)36-22-13-9-20(10-14-22)29(33)34/h5-15H,2-4,16H2,1H3,(H,28,31). The number of nitrogens with zero attached hydrogens (tertiary/aromatic N) is 1. The normalized spacial score (nSPS) is 10.4. The number of esters is 1. The van der Waals surface area contributed by atoms with Gasteiger partial charge in [0.15, 0.2) is 12.4 Å². The zero-order valence-corrected chi connectivity index (χ0v) is 20.1. The van der Waals surface area contributed by atoms with Crippen molar-refractivity contribution in [1.82, 2.24) is 0 Å². The zero-order chi connectivity index (χ0) is 26.1. The van der Waals surface area contributed by atoms with Crippen LogP contribution in [0.2, 0.25) is 5.02 Å². The number of non-ortho nitro benzene ring substituents is 1. The number of Topliss-reactive ketones (excluding diaryl/α,β-unsaturated/α-hetero) is 1. The van der Waals surface area contributed by atoms with Gasteiger partial charge < -0.3 is 14.8 Å². The summed E-state index contributed by atoms with van der Waals surface area (Å²) in [5.41, 5.74) is 1.76. The van der Waals surface area contributed by atoms with E-state index < -0.39 is 17.5 Å². The molecule has 0 spiro atoms. The number of halogens is 1. The van der Waals surface area contributed by atoms with Gasteiger partial charge in [-0.1, -0.05) is 17.7 Å². The summed E-state index contributed by atoms with van der Waals surface area (Å²) in [6.45, 7) is 1.44. The predicted molar refractivity (Wildman–Crippen MR) is 134 cm³/mol. The molecule has 0 aliphatic rings. The highest BCUT2D eigenvalue weighted by molar-refractivity contribution is 6.31. The number of carbonyl (C=O) groups is 3. The summed E-state index contributed by atoms with van der Waals surface area (Å²) in [6, 6.07) is 17.0. The molecule has 3 rings (SSSR count). The second kappa shape index (κ2) is 12.5. The van der Waals surface area contributed by atoms with Crippen LogP contribution in [0.25, 0.3) is 0 Å². The van der Waals surface area contributed by atoms with Crippen LogP contribution in [0, 0.1) is 17.0 Å². The summed E-state index contributed by atoms with van der Waals surface area (Å²) >= 11 is 6.04. The van der Waals surface area contributed by atoms with Crippen molar-refractivity contribution in [2.24, 2.45) is 0 Å². The van der Waals surface area contributed by atoms with Crippen LogP contribution in [0.1, 0.15) is 35.2 Å². The molecule has 0 saturated heterocycles. The smallest absolute Gasteiger partial charge is 0.306 e. The highest BCUT2D eigenvalue weighted by Crippen LogP contribution is 2.24. The Morgan fingerprint density at radius 2 is 1.58 bits per heavy atom. The fourth-order valence-electron chi connectivity index (χ4n) is 3.07. The van der Waals surface area contributed by atoms with Crippen LogP contribution in [0.4, 0.5) is 11.4 Å². The molecule has 9 nitrogen and oxygen atoms in total. The number of anilines is 1. The Bertz CT molecular complexity index is 1260. The van der Waals surface area contributed by atoms with E-state index >= 15 is 0 Å². The molecule has 0 aliphatic heterocycles. The van der Waals surface area contributed by atoms with E-state index in [1.54, 1.807) is 30.3 Å². The first-order chi connectivity index (χ1) is 17.2. The summed E-state index contributed by atoms with van der Waals surface area (Å²) in [5.74, 6) is -0.379. The monoisotopic (exact) mass is 510 g/mol. The molecule has 0 unspecified atom stereocenters. The number of aryl methyl sites for hydroxylation is 1. The van der Waals surface area contributed by atoms with Gasteiger partial charge in [0, 0.05) is 41.2 Å². The van der Waals surface area contributed by atoms with Crippen LogP contribution in [0.5, 0.6) is 11.5 Å². The number of hydrogen-bond acceptors (Lipinski definition) is 7. The van der Waals surface area contributed by atoms with Crippen LogP contribution in [0.15, 0.2) is 66.7 Å². The predicted octanol–water partition coefficient (Wildman–Crippen LogP) is 5.88. The zero-order valence-electron chi connectivity index (χ0n) is 19.4. The minimum atomic E-state index is -0.576. The van der Waals surface area contributed by atoms with Crippen LogP contribution in [0.3, 0.4) is 0 Å². The Labute approximate surface area is 212 Å². The van der Waals surface area contributed by atoms with Gasteiger partial charge in [0.1, 0.15) is 11.5 Å². The average Bonchev–Trinajstić information content (AvgIpc) is 2.85. The number of benzene rings is 3. The molecule has 0 atom stereocenters. The topological polar surface area (TPSA) is 125 Å². The maximum Gasteiger partial charge on any atom is 0.306 e. The molecule has 0 bridgehead atoms. The average molecular weight is 511 g/mol. The van der Waals surface area contributed by atoms with Crippen molar-refractivity contribution in [2.45, 2.75) is 26.2 Å².